The molecular formula is C12H20N4O2S. The van der Waals surface area contributed by atoms with E-state index in [0.717, 1.165) is 6.42 Å². The van der Waals surface area contributed by atoms with Crippen LogP contribution < -0.4 is 10.6 Å². The molecule has 0 saturated heterocycles. The number of carbonyl (C=O) groups is 1. The van der Waals surface area contributed by atoms with Crippen LogP contribution in [-0.2, 0) is 4.74 Å². The molecule has 19 heavy (non-hydrogen) atoms. The maximum Gasteiger partial charge on any atom is 0.321 e. The number of aromatic nitrogens is 2. The summed E-state index contributed by atoms with van der Waals surface area (Å²) >= 11 is 1.29. The van der Waals surface area contributed by atoms with E-state index in [2.05, 4.69) is 27.8 Å². The van der Waals surface area contributed by atoms with Crippen LogP contribution in [0.25, 0.3) is 0 Å². The van der Waals surface area contributed by atoms with Gasteiger partial charge in [-0.15, -0.1) is 10.2 Å². The van der Waals surface area contributed by atoms with Gasteiger partial charge < -0.3 is 10.1 Å². The molecule has 7 heteroatoms. The van der Waals surface area contributed by atoms with Crippen LogP contribution in [-0.4, -0.2) is 35.5 Å². The number of hydrogen-bond donors (Lipinski definition) is 2. The van der Waals surface area contributed by atoms with Gasteiger partial charge in [0.25, 0.3) is 0 Å². The zero-order valence-corrected chi connectivity index (χ0v) is 11.9. The van der Waals surface area contributed by atoms with Crippen molar-refractivity contribution >= 4 is 22.5 Å². The number of hydrogen-bond acceptors (Lipinski definition) is 5. The van der Waals surface area contributed by atoms with Crippen molar-refractivity contribution in [1.29, 1.82) is 0 Å². The molecule has 0 aliphatic heterocycles. The van der Waals surface area contributed by atoms with Gasteiger partial charge in [0, 0.05) is 6.54 Å². The van der Waals surface area contributed by atoms with E-state index >= 15 is 0 Å². The molecule has 1 fully saturated rings. The zero-order chi connectivity index (χ0) is 13.5. The van der Waals surface area contributed by atoms with Gasteiger partial charge in [-0.25, -0.2) is 4.79 Å². The summed E-state index contributed by atoms with van der Waals surface area (Å²) in [6.07, 6.45) is 5.29. The SMILES string of the molecule is C[C@H]1CCCC[C@@H]1OCCNC(=O)Nc1nncs1. The Hall–Kier alpha value is -1.21. The molecule has 2 rings (SSSR count). The van der Waals surface area contributed by atoms with E-state index < -0.39 is 0 Å². The molecule has 0 radical (unpaired) electrons. The Labute approximate surface area is 116 Å². The van der Waals surface area contributed by atoms with E-state index in [0.29, 0.717) is 30.3 Å². The van der Waals surface area contributed by atoms with Crippen LogP contribution in [0.4, 0.5) is 9.93 Å². The van der Waals surface area contributed by atoms with Crippen LogP contribution in [0.1, 0.15) is 32.6 Å². The van der Waals surface area contributed by atoms with Crippen LogP contribution in [0.15, 0.2) is 5.51 Å². The third kappa shape index (κ3) is 4.76. The number of amides is 2. The lowest BCUT2D eigenvalue weighted by Crippen LogP contribution is -2.34. The number of urea groups is 1. The quantitative estimate of drug-likeness (QED) is 0.813. The second kappa shape index (κ2) is 7.40. The molecule has 106 valence electrons. The lowest BCUT2D eigenvalue weighted by Gasteiger charge is -2.28. The molecule has 0 unspecified atom stereocenters. The van der Waals surface area contributed by atoms with E-state index in [-0.39, 0.29) is 6.03 Å². The van der Waals surface area contributed by atoms with E-state index in [4.69, 9.17) is 4.74 Å². The van der Waals surface area contributed by atoms with Gasteiger partial charge in [-0.1, -0.05) is 31.1 Å². The first kappa shape index (κ1) is 14.2. The van der Waals surface area contributed by atoms with Crippen LogP contribution in [0.5, 0.6) is 0 Å². The maximum absolute atomic E-state index is 11.5. The van der Waals surface area contributed by atoms with Crippen molar-refractivity contribution < 1.29 is 9.53 Å². The van der Waals surface area contributed by atoms with Crippen molar-refractivity contribution in [2.24, 2.45) is 5.92 Å². The van der Waals surface area contributed by atoms with E-state index in [9.17, 15) is 4.79 Å². The van der Waals surface area contributed by atoms with Gasteiger partial charge in [-0.2, -0.15) is 0 Å². The Balaban J connectivity index is 1.57. The van der Waals surface area contributed by atoms with Crippen LogP contribution >= 0.6 is 11.3 Å². The zero-order valence-electron chi connectivity index (χ0n) is 11.1. The van der Waals surface area contributed by atoms with Gasteiger partial charge in [0.1, 0.15) is 5.51 Å². The molecule has 6 nitrogen and oxygen atoms in total. The predicted molar refractivity (Wildman–Crippen MR) is 74.3 cm³/mol. The summed E-state index contributed by atoms with van der Waals surface area (Å²) in [6.45, 7) is 3.30. The monoisotopic (exact) mass is 284 g/mol. The molecular weight excluding hydrogens is 264 g/mol. The molecule has 2 atom stereocenters. The van der Waals surface area contributed by atoms with Crippen molar-refractivity contribution in [3.63, 3.8) is 0 Å². The van der Waals surface area contributed by atoms with E-state index in [1.54, 1.807) is 5.51 Å². The van der Waals surface area contributed by atoms with Crippen molar-refractivity contribution in [1.82, 2.24) is 15.5 Å². The highest BCUT2D eigenvalue weighted by Gasteiger charge is 2.21. The molecule has 1 saturated carbocycles. The standard InChI is InChI=1S/C12H20N4O2S/c1-9-4-2-3-5-10(9)18-7-6-13-11(17)15-12-16-14-8-19-12/h8-10H,2-7H2,1H3,(H2,13,15,16,17)/t9-,10-/m0/s1. The highest BCUT2D eigenvalue weighted by molar-refractivity contribution is 7.13. The lowest BCUT2D eigenvalue weighted by molar-refractivity contribution is -0.00232. The summed E-state index contributed by atoms with van der Waals surface area (Å²) in [6, 6.07) is -0.267. The van der Waals surface area contributed by atoms with Crippen molar-refractivity contribution in [3.05, 3.63) is 5.51 Å². The first-order valence-electron chi connectivity index (χ1n) is 6.68. The largest absolute Gasteiger partial charge is 0.376 e. The molecule has 1 aliphatic rings. The van der Waals surface area contributed by atoms with E-state index in [1.165, 1.54) is 30.6 Å². The summed E-state index contributed by atoms with van der Waals surface area (Å²) in [5.74, 6) is 0.629. The molecule has 2 amide bonds. The van der Waals surface area contributed by atoms with E-state index in [1.807, 2.05) is 0 Å². The summed E-state index contributed by atoms with van der Waals surface area (Å²) in [5.41, 5.74) is 1.57. The minimum absolute atomic E-state index is 0.267. The first-order chi connectivity index (χ1) is 9.25. The Kier molecular flexibility index (Phi) is 5.53. The van der Waals surface area contributed by atoms with Gasteiger partial charge in [0.15, 0.2) is 0 Å². The van der Waals surface area contributed by atoms with Gasteiger partial charge in [-0.05, 0) is 18.8 Å². The molecule has 2 N–H and O–H groups in total. The average molecular weight is 284 g/mol. The normalized spacial score (nSPS) is 23.0. The van der Waals surface area contributed by atoms with Gasteiger partial charge in [-0.3, -0.25) is 5.32 Å². The maximum atomic E-state index is 11.5. The summed E-state index contributed by atoms with van der Waals surface area (Å²) < 4.78 is 5.81. The van der Waals surface area contributed by atoms with Crippen LogP contribution in [0.3, 0.4) is 0 Å². The molecule has 1 aliphatic carbocycles. The Morgan fingerprint density at radius 1 is 1.53 bits per heavy atom. The molecule has 1 heterocycles. The topological polar surface area (TPSA) is 76.1 Å². The second-order valence-electron chi connectivity index (χ2n) is 4.80. The molecule has 1 aromatic heterocycles. The van der Waals surface area contributed by atoms with Crippen LogP contribution in [0, 0.1) is 5.92 Å². The van der Waals surface area contributed by atoms with Gasteiger partial charge in [0.2, 0.25) is 5.13 Å². The molecule has 1 aromatic rings. The fourth-order valence-electron chi connectivity index (χ4n) is 2.27. The highest BCUT2D eigenvalue weighted by atomic mass is 32.1. The third-order valence-corrected chi connectivity index (χ3v) is 3.94. The van der Waals surface area contributed by atoms with Crippen molar-refractivity contribution in [2.75, 3.05) is 18.5 Å². The second-order valence-corrected chi connectivity index (χ2v) is 5.63. The number of rotatable bonds is 5. The fourth-order valence-corrected chi connectivity index (χ4v) is 2.71. The average Bonchev–Trinajstić information content (AvgIpc) is 2.89. The number of nitrogens with one attached hydrogen (secondary N) is 2. The minimum Gasteiger partial charge on any atom is -0.376 e. The summed E-state index contributed by atoms with van der Waals surface area (Å²) in [4.78, 5) is 11.5. The minimum atomic E-state index is -0.267. The summed E-state index contributed by atoms with van der Waals surface area (Å²) in [5, 5.41) is 13.2. The molecule has 0 spiro atoms. The smallest absolute Gasteiger partial charge is 0.321 e. The fraction of sp³-hybridized carbons (Fsp3) is 0.750. The third-order valence-electron chi connectivity index (χ3n) is 3.33. The van der Waals surface area contributed by atoms with Gasteiger partial charge in [0.05, 0.1) is 12.7 Å². The first-order valence-corrected chi connectivity index (χ1v) is 7.56. The number of carbonyl (C=O) groups excluding carboxylic acids is 1. The predicted octanol–water partition coefficient (Wildman–Crippen LogP) is 2.25. The molecule has 0 aromatic carbocycles. The number of anilines is 1. The van der Waals surface area contributed by atoms with Gasteiger partial charge >= 0.3 is 6.03 Å². The Morgan fingerprint density at radius 2 is 2.37 bits per heavy atom. The Morgan fingerprint density at radius 3 is 3.11 bits per heavy atom. The Bertz CT molecular complexity index is 385. The number of ether oxygens (including phenoxy) is 1. The molecule has 0 bridgehead atoms. The van der Waals surface area contributed by atoms with Crippen molar-refractivity contribution in [3.8, 4) is 0 Å². The highest BCUT2D eigenvalue weighted by Crippen LogP contribution is 2.25. The van der Waals surface area contributed by atoms with Crippen LogP contribution in [0.2, 0.25) is 0 Å². The number of nitrogens with zero attached hydrogens (tertiary/aromatic N) is 2. The summed E-state index contributed by atoms with van der Waals surface area (Å²) in [7, 11) is 0. The van der Waals surface area contributed by atoms with Crippen molar-refractivity contribution in [2.45, 2.75) is 38.7 Å². The lowest BCUT2D eigenvalue weighted by atomic mass is 9.88.